The van der Waals surface area contributed by atoms with Crippen molar-refractivity contribution < 1.29 is 28.2 Å². The van der Waals surface area contributed by atoms with E-state index in [2.05, 4.69) is 14.8 Å². The summed E-state index contributed by atoms with van der Waals surface area (Å²) in [5, 5.41) is 2.27. The van der Waals surface area contributed by atoms with Gasteiger partial charge in [0.05, 0.1) is 12.3 Å². The number of anilines is 1. The Hall–Kier alpha value is -2.70. The van der Waals surface area contributed by atoms with E-state index in [1.165, 1.54) is 12.1 Å². The predicted octanol–water partition coefficient (Wildman–Crippen LogP) is 1.74. The summed E-state index contributed by atoms with van der Waals surface area (Å²) in [6.45, 7) is 2.92. The zero-order valence-corrected chi connectivity index (χ0v) is 12.2. The molecule has 0 aromatic heterocycles. The van der Waals surface area contributed by atoms with Crippen molar-refractivity contribution in [3.8, 4) is 0 Å². The molecule has 0 aliphatic carbocycles. The van der Waals surface area contributed by atoms with Gasteiger partial charge in [0.25, 0.3) is 5.91 Å². The van der Waals surface area contributed by atoms with Crippen molar-refractivity contribution in [3.05, 3.63) is 41.7 Å². The van der Waals surface area contributed by atoms with Crippen molar-refractivity contribution in [1.29, 1.82) is 0 Å². The van der Waals surface area contributed by atoms with Crippen LogP contribution in [0.1, 0.15) is 12.5 Å². The topological polar surface area (TPSA) is 81.7 Å². The van der Waals surface area contributed by atoms with Gasteiger partial charge in [0.2, 0.25) is 0 Å². The van der Waals surface area contributed by atoms with Crippen molar-refractivity contribution in [3.63, 3.8) is 0 Å². The number of carbonyl (C=O) groups is 3. The zero-order valence-electron chi connectivity index (χ0n) is 12.2. The molecule has 1 aromatic rings. The fourth-order valence-electron chi connectivity index (χ4n) is 1.42. The fourth-order valence-corrected chi connectivity index (χ4v) is 1.42. The van der Waals surface area contributed by atoms with E-state index in [9.17, 15) is 18.8 Å². The van der Waals surface area contributed by atoms with E-state index in [4.69, 9.17) is 0 Å². The number of amides is 1. The first kappa shape index (κ1) is 17.4. The van der Waals surface area contributed by atoms with Crippen LogP contribution in [-0.2, 0) is 23.9 Å². The number of carbonyl (C=O) groups excluding carboxylic acids is 3. The van der Waals surface area contributed by atoms with Crippen molar-refractivity contribution in [1.82, 2.24) is 0 Å². The maximum absolute atomic E-state index is 13.5. The zero-order chi connectivity index (χ0) is 16.5. The molecule has 1 N–H and O–H groups in total. The average Bonchev–Trinajstić information content (AvgIpc) is 2.46. The smallest absolute Gasteiger partial charge is 0.331 e. The third kappa shape index (κ3) is 6.17. The minimum absolute atomic E-state index is 0.00582. The molecule has 0 saturated carbocycles. The molecule has 0 aliphatic rings. The van der Waals surface area contributed by atoms with Crippen molar-refractivity contribution in [2.75, 3.05) is 18.5 Å². The molecule has 0 unspecified atom stereocenters. The Labute approximate surface area is 126 Å². The Morgan fingerprint density at radius 1 is 1.18 bits per heavy atom. The van der Waals surface area contributed by atoms with E-state index in [1.807, 2.05) is 0 Å². The van der Waals surface area contributed by atoms with Gasteiger partial charge in [-0.3, -0.25) is 4.79 Å². The second-order valence-corrected chi connectivity index (χ2v) is 4.22. The molecule has 1 rings (SSSR count). The van der Waals surface area contributed by atoms with Crippen molar-refractivity contribution >= 4 is 23.5 Å². The molecule has 7 heteroatoms. The van der Waals surface area contributed by atoms with E-state index >= 15 is 0 Å². The van der Waals surface area contributed by atoms with Gasteiger partial charge in [-0.2, -0.15) is 0 Å². The van der Waals surface area contributed by atoms with E-state index in [0.717, 1.165) is 12.2 Å². The molecular formula is C15H16FNO5. The molecule has 118 valence electrons. The molecule has 1 amide bonds. The van der Waals surface area contributed by atoms with Crippen molar-refractivity contribution in [2.45, 2.75) is 13.8 Å². The molecule has 0 heterocycles. The third-order valence-corrected chi connectivity index (χ3v) is 2.39. The minimum atomic E-state index is -0.882. The number of benzene rings is 1. The average molecular weight is 309 g/mol. The molecule has 1 aromatic carbocycles. The molecule has 0 radical (unpaired) electrons. The highest BCUT2D eigenvalue weighted by Crippen LogP contribution is 2.14. The number of hydrogen-bond donors (Lipinski definition) is 1. The Morgan fingerprint density at radius 3 is 2.41 bits per heavy atom. The van der Waals surface area contributed by atoms with Crippen LogP contribution >= 0.6 is 0 Å². The van der Waals surface area contributed by atoms with Gasteiger partial charge in [-0.05, 0) is 31.5 Å². The van der Waals surface area contributed by atoms with E-state index in [0.29, 0.717) is 5.56 Å². The van der Waals surface area contributed by atoms with Gasteiger partial charge in [0, 0.05) is 12.2 Å². The molecule has 6 nitrogen and oxygen atoms in total. The Kier molecular flexibility index (Phi) is 6.75. The van der Waals surface area contributed by atoms with Crippen LogP contribution in [0, 0.1) is 12.7 Å². The number of ether oxygens (including phenoxy) is 2. The summed E-state index contributed by atoms with van der Waals surface area (Å²) in [6, 6.07) is 4.31. The van der Waals surface area contributed by atoms with Crippen LogP contribution in [0.4, 0.5) is 10.1 Å². The molecule has 0 atom stereocenters. The molecule has 0 saturated heterocycles. The summed E-state index contributed by atoms with van der Waals surface area (Å²) in [5.41, 5.74) is 0.708. The third-order valence-electron chi connectivity index (χ3n) is 2.39. The number of aryl methyl sites for hydroxylation is 1. The monoisotopic (exact) mass is 309 g/mol. The Bertz CT molecular complexity index is 598. The highest BCUT2D eigenvalue weighted by molar-refractivity contribution is 5.95. The Morgan fingerprint density at radius 2 is 1.82 bits per heavy atom. The molecular weight excluding hydrogens is 293 g/mol. The van der Waals surface area contributed by atoms with Crippen LogP contribution in [0.2, 0.25) is 0 Å². The van der Waals surface area contributed by atoms with E-state index in [1.54, 1.807) is 19.9 Å². The van der Waals surface area contributed by atoms with Gasteiger partial charge < -0.3 is 14.8 Å². The first-order chi connectivity index (χ1) is 10.4. The molecule has 0 spiro atoms. The lowest BCUT2D eigenvalue weighted by atomic mass is 10.2. The van der Waals surface area contributed by atoms with Gasteiger partial charge in [-0.15, -0.1) is 0 Å². The predicted molar refractivity (Wildman–Crippen MR) is 76.5 cm³/mol. The molecule has 0 bridgehead atoms. The van der Waals surface area contributed by atoms with Crippen LogP contribution in [0.25, 0.3) is 0 Å². The van der Waals surface area contributed by atoms with Gasteiger partial charge in [-0.25, -0.2) is 14.0 Å². The summed E-state index contributed by atoms with van der Waals surface area (Å²) in [7, 11) is 0. The van der Waals surface area contributed by atoms with Gasteiger partial charge in [-0.1, -0.05) is 6.07 Å². The first-order valence-corrected chi connectivity index (χ1v) is 6.50. The van der Waals surface area contributed by atoms with Crippen molar-refractivity contribution in [2.24, 2.45) is 0 Å². The number of rotatable bonds is 6. The highest BCUT2D eigenvalue weighted by Gasteiger charge is 2.09. The number of hydrogen-bond acceptors (Lipinski definition) is 5. The van der Waals surface area contributed by atoms with Gasteiger partial charge in [0.1, 0.15) is 5.82 Å². The largest absolute Gasteiger partial charge is 0.463 e. The lowest BCUT2D eigenvalue weighted by molar-refractivity contribution is -0.143. The minimum Gasteiger partial charge on any atom is -0.463 e. The second kappa shape index (κ2) is 8.56. The number of esters is 2. The lowest BCUT2D eigenvalue weighted by Crippen LogP contribution is -2.20. The van der Waals surface area contributed by atoms with Gasteiger partial charge >= 0.3 is 11.9 Å². The summed E-state index contributed by atoms with van der Waals surface area (Å²) >= 11 is 0. The van der Waals surface area contributed by atoms with Crippen LogP contribution in [-0.4, -0.2) is 31.1 Å². The number of halogens is 1. The fraction of sp³-hybridized carbons (Fsp3) is 0.267. The maximum atomic E-state index is 13.5. The maximum Gasteiger partial charge on any atom is 0.331 e. The SMILES string of the molecule is CCOC(=O)C=CC(=O)OCC(=O)Nc1ccc(C)cc1F. The summed E-state index contributed by atoms with van der Waals surface area (Å²) in [4.78, 5) is 33.7. The van der Waals surface area contributed by atoms with E-state index in [-0.39, 0.29) is 12.3 Å². The van der Waals surface area contributed by atoms with Gasteiger partial charge in [0.15, 0.2) is 6.61 Å². The highest BCUT2D eigenvalue weighted by atomic mass is 19.1. The first-order valence-electron chi connectivity index (χ1n) is 6.50. The van der Waals surface area contributed by atoms with E-state index < -0.39 is 30.3 Å². The normalized spacial score (nSPS) is 10.3. The lowest BCUT2D eigenvalue weighted by Gasteiger charge is -2.07. The molecule has 22 heavy (non-hydrogen) atoms. The van der Waals surface area contributed by atoms with Crippen LogP contribution in [0.15, 0.2) is 30.4 Å². The summed E-state index contributed by atoms with van der Waals surface area (Å²) < 4.78 is 22.7. The molecule has 0 aliphatic heterocycles. The van der Waals surface area contributed by atoms with Crippen LogP contribution in [0.3, 0.4) is 0 Å². The summed E-state index contributed by atoms with van der Waals surface area (Å²) in [5.74, 6) is -2.85. The quantitative estimate of drug-likeness (QED) is 0.639. The second-order valence-electron chi connectivity index (χ2n) is 4.22. The van der Waals surface area contributed by atoms with Crippen LogP contribution in [0.5, 0.6) is 0 Å². The standard InChI is InChI=1S/C15H16FNO5/c1-3-21-14(19)6-7-15(20)22-9-13(18)17-12-5-4-10(2)8-11(12)16/h4-8H,3,9H2,1-2H3,(H,17,18). The Balaban J connectivity index is 2.42. The molecule has 0 fully saturated rings. The van der Waals surface area contributed by atoms with Crippen LogP contribution < -0.4 is 5.32 Å². The number of nitrogens with one attached hydrogen (secondary N) is 1. The summed E-state index contributed by atoms with van der Waals surface area (Å²) in [6.07, 6.45) is 1.74.